The number of aromatic nitrogens is 2. The minimum atomic E-state index is -4.48. The number of rotatable bonds is 0. The molecule has 0 amide bonds. The quantitative estimate of drug-likeness (QED) is 0.565. The Labute approximate surface area is 100 Å². The molecule has 2 aromatic heterocycles. The summed E-state index contributed by atoms with van der Waals surface area (Å²) >= 11 is 0. The van der Waals surface area contributed by atoms with Crippen LogP contribution in [0, 0.1) is 0 Å². The summed E-state index contributed by atoms with van der Waals surface area (Å²) in [5, 5.41) is 1.24. The summed E-state index contributed by atoms with van der Waals surface area (Å²) in [4.78, 5) is 7.46. The minimum absolute atomic E-state index is 0.0312. The third-order valence-corrected chi connectivity index (χ3v) is 2.77. The van der Waals surface area contributed by atoms with E-state index in [2.05, 4.69) is 9.97 Å². The molecule has 0 aliphatic heterocycles. The summed E-state index contributed by atoms with van der Waals surface area (Å²) in [5.41, 5.74) is -0.548. The third kappa shape index (κ3) is 1.59. The van der Waals surface area contributed by atoms with Crippen molar-refractivity contribution in [3.8, 4) is 0 Å². The van der Waals surface area contributed by atoms with E-state index in [0.29, 0.717) is 16.3 Å². The molecular weight excluding hydrogens is 241 g/mol. The normalized spacial score (nSPS) is 12.2. The maximum atomic E-state index is 13.0. The van der Waals surface area contributed by atoms with Crippen LogP contribution in [0.2, 0.25) is 0 Å². The van der Waals surface area contributed by atoms with Gasteiger partial charge in [-0.2, -0.15) is 13.2 Å². The number of alkyl halides is 3. The molecule has 0 saturated heterocycles. The van der Waals surface area contributed by atoms with Crippen LogP contribution in [0.3, 0.4) is 0 Å². The van der Waals surface area contributed by atoms with Gasteiger partial charge in [0.05, 0.1) is 5.52 Å². The summed E-state index contributed by atoms with van der Waals surface area (Å²) in [5.74, 6) is 0. The van der Waals surface area contributed by atoms with Gasteiger partial charge in [0, 0.05) is 23.2 Å². The lowest BCUT2D eigenvalue weighted by atomic mass is 10.1. The summed E-state index contributed by atoms with van der Waals surface area (Å²) in [7, 11) is 0. The first-order valence-electron chi connectivity index (χ1n) is 5.27. The highest BCUT2D eigenvalue weighted by Gasteiger charge is 2.35. The Morgan fingerprint density at radius 2 is 1.67 bits per heavy atom. The Kier molecular flexibility index (Phi) is 2.23. The van der Waals surface area contributed by atoms with Crippen LogP contribution in [-0.2, 0) is 6.18 Å². The Balaban J connectivity index is 2.55. The molecule has 3 aromatic rings. The molecule has 0 fully saturated rings. The molecule has 18 heavy (non-hydrogen) atoms. The van der Waals surface area contributed by atoms with Gasteiger partial charge in [0.1, 0.15) is 0 Å². The Bertz CT molecular complexity index is 735. The standard InChI is InChI=1S/C13H7F3N2/c14-13(15,16)12-10-7-17-6-5-8(10)9-3-1-2-4-11(9)18-12/h1-7H. The predicted octanol–water partition coefficient (Wildman–Crippen LogP) is 3.80. The highest BCUT2D eigenvalue weighted by atomic mass is 19.4. The zero-order chi connectivity index (χ0) is 12.8. The minimum Gasteiger partial charge on any atom is -0.264 e. The molecular formula is C13H7F3N2. The molecule has 5 heteroatoms. The van der Waals surface area contributed by atoms with Gasteiger partial charge in [-0.3, -0.25) is 4.98 Å². The van der Waals surface area contributed by atoms with Crippen molar-refractivity contribution in [3.63, 3.8) is 0 Å². The van der Waals surface area contributed by atoms with E-state index in [-0.39, 0.29) is 5.39 Å². The highest BCUT2D eigenvalue weighted by Crippen LogP contribution is 2.35. The van der Waals surface area contributed by atoms with Gasteiger partial charge in [0.2, 0.25) is 0 Å². The molecule has 0 radical (unpaired) electrons. The fourth-order valence-corrected chi connectivity index (χ4v) is 2.01. The second-order valence-electron chi connectivity index (χ2n) is 3.90. The lowest BCUT2D eigenvalue weighted by Gasteiger charge is -2.11. The molecule has 90 valence electrons. The molecule has 0 N–H and O–H groups in total. The van der Waals surface area contributed by atoms with Gasteiger partial charge in [-0.05, 0) is 17.5 Å². The molecule has 3 rings (SSSR count). The van der Waals surface area contributed by atoms with Crippen LogP contribution < -0.4 is 0 Å². The monoisotopic (exact) mass is 248 g/mol. The molecule has 0 unspecified atom stereocenters. The van der Waals surface area contributed by atoms with E-state index in [1.54, 1.807) is 30.3 Å². The van der Waals surface area contributed by atoms with Gasteiger partial charge in [-0.1, -0.05) is 18.2 Å². The second kappa shape index (κ2) is 3.66. The van der Waals surface area contributed by atoms with Crippen molar-refractivity contribution < 1.29 is 13.2 Å². The van der Waals surface area contributed by atoms with Crippen molar-refractivity contribution in [2.24, 2.45) is 0 Å². The van der Waals surface area contributed by atoms with Crippen LogP contribution >= 0.6 is 0 Å². The van der Waals surface area contributed by atoms with E-state index in [1.807, 2.05) is 0 Å². The first-order valence-corrected chi connectivity index (χ1v) is 5.27. The van der Waals surface area contributed by atoms with Crippen LogP contribution in [0.25, 0.3) is 21.7 Å². The summed E-state index contributed by atoms with van der Waals surface area (Å²) in [6.07, 6.45) is -1.79. The first-order chi connectivity index (χ1) is 8.57. The Morgan fingerprint density at radius 1 is 0.889 bits per heavy atom. The van der Waals surface area contributed by atoms with Gasteiger partial charge in [-0.25, -0.2) is 4.98 Å². The van der Waals surface area contributed by atoms with Crippen molar-refractivity contribution in [1.82, 2.24) is 9.97 Å². The molecule has 2 heterocycles. The van der Waals surface area contributed by atoms with Gasteiger partial charge in [-0.15, -0.1) is 0 Å². The third-order valence-electron chi connectivity index (χ3n) is 2.77. The molecule has 0 bridgehead atoms. The van der Waals surface area contributed by atoms with Gasteiger partial charge < -0.3 is 0 Å². The largest absolute Gasteiger partial charge is 0.434 e. The van der Waals surface area contributed by atoms with Crippen LogP contribution in [0.15, 0.2) is 42.7 Å². The van der Waals surface area contributed by atoms with Crippen LogP contribution in [-0.4, -0.2) is 9.97 Å². The van der Waals surface area contributed by atoms with Gasteiger partial charge in [0.25, 0.3) is 0 Å². The maximum Gasteiger partial charge on any atom is 0.434 e. The summed E-state index contributed by atoms with van der Waals surface area (Å²) < 4.78 is 38.9. The van der Waals surface area contributed by atoms with Gasteiger partial charge in [0.15, 0.2) is 5.69 Å². The van der Waals surface area contributed by atoms with E-state index < -0.39 is 11.9 Å². The van der Waals surface area contributed by atoms with E-state index in [4.69, 9.17) is 0 Å². The number of nitrogens with zero attached hydrogens (tertiary/aromatic N) is 2. The second-order valence-corrected chi connectivity index (χ2v) is 3.90. The number of hydrogen-bond donors (Lipinski definition) is 0. The maximum absolute atomic E-state index is 13.0. The van der Waals surface area contributed by atoms with Crippen LogP contribution in [0.1, 0.15) is 5.69 Å². The van der Waals surface area contributed by atoms with Crippen molar-refractivity contribution in [2.45, 2.75) is 6.18 Å². The SMILES string of the molecule is FC(F)(F)c1nc2ccccc2c2ccncc12. The van der Waals surface area contributed by atoms with E-state index >= 15 is 0 Å². The molecule has 1 aromatic carbocycles. The lowest BCUT2D eigenvalue weighted by Crippen LogP contribution is -2.09. The van der Waals surface area contributed by atoms with Crippen LogP contribution in [0.5, 0.6) is 0 Å². The predicted molar refractivity (Wildman–Crippen MR) is 62.0 cm³/mol. The summed E-state index contributed by atoms with van der Waals surface area (Å²) in [6.45, 7) is 0. The molecule has 2 nitrogen and oxygen atoms in total. The van der Waals surface area contributed by atoms with Crippen molar-refractivity contribution >= 4 is 21.7 Å². The zero-order valence-electron chi connectivity index (χ0n) is 9.07. The molecule has 0 aliphatic rings. The lowest BCUT2D eigenvalue weighted by molar-refractivity contribution is -0.139. The van der Waals surface area contributed by atoms with Crippen LogP contribution in [0.4, 0.5) is 13.2 Å². The van der Waals surface area contributed by atoms with Crippen molar-refractivity contribution in [3.05, 3.63) is 48.4 Å². The topological polar surface area (TPSA) is 25.8 Å². The molecule has 0 spiro atoms. The Hall–Kier alpha value is -2.17. The van der Waals surface area contributed by atoms with Crippen molar-refractivity contribution in [1.29, 1.82) is 0 Å². The number of fused-ring (bicyclic) bond motifs is 3. The van der Waals surface area contributed by atoms with Crippen molar-refractivity contribution in [2.75, 3.05) is 0 Å². The highest BCUT2D eigenvalue weighted by molar-refractivity contribution is 6.06. The average Bonchev–Trinajstić information content (AvgIpc) is 2.37. The first kappa shape index (κ1) is 11.0. The summed E-state index contributed by atoms with van der Waals surface area (Å²) in [6, 6.07) is 8.35. The average molecular weight is 248 g/mol. The molecule has 0 saturated carbocycles. The van der Waals surface area contributed by atoms with E-state index in [1.165, 1.54) is 12.4 Å². The number of hydrogen-bond acceptors (Lipinski definition) is 2. The van der Waals surface area contributed by atoms with Gasteiger partial charge >= 0.3 is 6.18 Å². The number of benzene rings is 1. The zero-order valence-corrected chi connectivity index (χ0v) is 9.07. The van der Waals surface area contributed by atoms with E-state index in [0.717, 1.165) is 0 Å². The number of para-hydroxylation sites is 1. The fraction of sp³-hybridized carbons (Fsp3) is 0.0769. The van der Waals surface area contributed by atoms with E-state index in [9.17, 15) is 13.2 Å². The Morgan fingerprint density at radius 3 is 2.44 bits per heavy atom. The number of halogens is 3. The number of pyridine rings is 2. The molecule has 0 aliphatic carbocycles. The fourth-order valence-electron chi connectivity index (χ4n) is 2.01. The molecule has 0 atom stereocenters. The smallest absolute Gasteiger partial charge is 0.264 e.